The molecule has 3 aliphatic heterocycles. The SMILES string of the molecule is NC1(/C(=N/Oc2cccc(C(F)(F)F)c2)C(=O)NC2C(=O)N3C(C(=O)OCc4ccc([N+](=O)[O-])cc4)=CCS[C@H]23)N=CSN1. The van der Waals surface area contributed by atoms with E-state index in [2.05, 4.69) is 20.2 Å². The zero-order valence-electron chi connectivity index (χ0n) is 22.0. The van der Waals surface area contributed by atoms with E-state index in [0.717, 1.165) is 29.0 Å². The summed E-state index contributed by atoms with van der Waals surface area (Å²) in [6.07, 6.45) is -3.15. The number of thioether (sulfide) groups is 1. The van der Waals surface area contributed by atoms with Crippen LogP contribution in [0.25, 0.3) is 0 Å². The number of nitro groups is 1. The average molecular weight is 652 g/mol. The second-order valence-electron chi connectivity index (χ2n) is 9.25. The van der Waals surface area contributed by atoms with Gasteiger partial charge in [-0.05, 0) is 53.9 Å². The second-order valence-corrected chi connectivity index (χ2v) is 11.1. The lowest BCUT2D eigenvalue weighted by molar-refractivity contribution is -0.384. The number of β-lactam (4-membered cyclic amide) rings is 1. The second kappa shape index (κ2) is 12.3. The summed E-state index contributed by atoms with van der Waals surface area (Å²) in [6.45, 7) is -0.204. The number of carbonyl (C=O) groups excluding carboxylic acids is 3. The van der Waals surface area contributed by atoms with Gasteiger partial charge in [0.05, 0.1) is 16.0 Å². The summed E-state index contributed by atoms with van der Waals surface area (Å²) in [5.74, 6) is -4.43. The molecule has 0 radical (unpaired) electrons. The smallest absolute Gasteiger partial charge is 0.416 e. The molecule has 1 saturated heterocycles. The van der Waals surface area contributed by atoms with E-state index in [-0.39, 0.29) is 23.7 Å². The summed E-state index contributed by atoms with van der Waals surface area (Å²) in [5, 5.41) is 16.3. The van der Waals surface area contributed by atoms with Crippen LogP contribution < -0.4 is 20.6 Å². The quantitative estimate of drug-likeness (QED) is 0.0900. The number of amides is 2. The van der Waals surface area contributed by atoms with Crippen molar-refractivity contribution in [2.45, 2.75) is 30.0 Å². The Kier molecular flexibility index (Phi) is 8.64. The molecule has 1 fully saturated rings. The predicted octanol–water partition coefficient (Wildman–Crippen LogP) is 2.27. The number of benzene rings is 2. The number of fused-ring (bicyclic) bond motifs is 1. The molecule has 2 amide bonds. The van der Waals surface area contributed by atoms with Gasteiger partial charge in [0, 0.05) is 17.9 Å². The first kappa shape index (κ1) is 31.0. The number of halogens is 3. The molecule has 0 spiro atoms. The molecular formula is C25H20F3N7O7S2. The van der Waals surface area contributed by atoms with Gasteiger partial charge in [-0.15, -0.1) is 11.8 Å². The van der Waals surface area contributed by atoms with Crippen LogP contribution in [0.3, 0.4) is 0 Å². The van der Waals surface area contributed by atoms with Crippen molar-refractivity contribution in [3.05, 3.63) is 81.5 Å². The summed E-state index contributed by atoms with van der Waals surface area (Å²) < 4.78 is 47.2. The highest BCUT2D eigenvalue weighted by Crippen LogP contribution is 2.38. The van der Waals surface area contributed by atoms with Crippen LogP contribution in [0.2, 0.25) is 0 Å². The van der Waals surface area contributed by atoms with E-state index in [1.807, 2.05) is 0 Å². The zero-order chi connectivity index (χ0) is 31.6. The first-order chi connectivity index (χ1) is 20.9. The first-order valence-corrected chi connectivity index (χ1v) is 14.3. The van der Waals surface area contributed by atoms with Crippen LogP contribution in [0.4, 0.5) is 18.9 Å². The Morgan fingerprint density at radius 2 is 2.02 bits per heavy atom. The molecule has 19 heteroatoms. The van der Waals surface area contributed by atoms with E-state index < -0.39 is 57.4 Å². The van der Waals surface area contributed by atoms with Crippen molar-refractivity contribution in [2.24, 2.45) is 15.9 Å². The van der Waals surface area contributed by atoms with Crippen molar-refractivity contribution < 1.29 is 42.1 Å². The highest BCUT2D eigenvalue weighted by Gasteiger charge is 2.54. The highest BCUT2D eigenvalue weighted by molar-refractivity contribution is 8.10. The molecule has 2 unspecified atom stereocenters. The minimum Gasteiger partial charge on any atom is -0.456 e. The van der Waals surface area contributed by atoms with E-state index in [1.54, 1.807) is 0 Å². The number of hydrogen-bond acceptors (Lipinski definition) is 13. The Morgan fingerprint density at radius 3 is 2.68 bits per heavy atom. The van der Waals surface area contributed by atoms with E-state index in [1.165, 1.54) is 53.7 Å². The van der Waals surface area contributed by atoms with Crippen LogP contribution in [-0.4, -0.2) is 61.8 Å². The van der Waals surface area contributed by atoms with Gasteiger partial charge in [0.15, 0.2) is 5.75 Å². The lowest BCUT2D eigenvalue weighted by Crippen LogP contribution is -2.72. The normalized spacial score (nSPS) is 22.9. The third kappa shape index (κ3) is 6.39. The maximum atomic E-state index is 13.3. The Hall–Kier alpha value is -4.46. The molecular weight excluding hydrogens is 631 g/mol. The molecule has 0 saturated carbocycles. The molecule has 44 heavy (non-hydrogen) atoms. The van der Waals surface area contributed by atoms with Gasteiger partial charge in [-0.25, -0.2) is 14.5 Å². The molecule has 3 heterocycles. The standard InChI is InChI=1S/C25H20F3N7O7S2/c26-24(27,28)14-2-1-3-16(10-14)42-32-19(25(29)30-12-44-33-25)20(36)31-18-21(37)34-17(8-9-43-22(18)34)23(38)41-11-13-4-6-15(7-5-13)35(39)40/h1-8,10,12,18,22,33H,9,11,29H2,(H,31,36)/b32-19+/t18?,22-,25?/m1/s1. The highest BCUT2D eigenvalue weighted by atomic mass is 32.2. The number of oxime groups is 1. The van der Waals surface area contributed by atoms with Gasteiger partial charge < -0.3 is 14.9 Å². The zero-order valence-corrected chi connectivity index (χ0v) is 23.6. The van der Waals surface area contributed by atoms with Crippen molar-refractivity contribution in [1.82, 2.24) is 14.9 Å². The largest absolute Gasteiger partial charge is 0.456 e. The Labute approximate surface area is 254 Å². The number of nitro benzene ring substituents is 1. The monoisotopic (exact) mass is 651 g/mol. The maximum absolute atomic E-state index is 13.3. The van der Waals surface area contributed by atoms with Crippen molar-refractivity contribution >= 4 is 58.4 Å². The number of nitrogens with one attached hydrogen (secondary N) is 2. The van der Waals surface area contributed by atoms with Crippen LogP contribution in [0.1, 0.15) is 11.1 Å². The van der Waals surface area contributed by atoms with Gasteiger partial charge in [-0.2, -0.15) is 13.2 Å². The Balaban J connectivity index is 1.26. The molecule has 3 aliphatic rings. The molecule has 0 bridgehead atoms. The molecule has 230 valence electrons. The third-order valence-corrected chi connectivity index (χ3v) is 8.19. The number of ether oxygens (including phenoxy) is 1. The van der Waals surface area contributed by atoms with Gasteiger partial charge in [0.2, 0.25) is 11.5 Å². The van der Waals surface area contributed by atoms with Gasteiger partial charge in [0.1, 0.15) is 23.7 Å². The third-order valence-electron chi connectivity index (χ3n) is 6.36. The maximum Gasteiger partial charge on any atom is 0.416 e. The molecule has 5 rings (SSSR count). The van der Waals surface area contributed by atoms with Gasteiger partial charge in [0.25, 0.3) is 17.5 Å². The average Bonchev–Trinajstić information content (AvgIpc) is 3.45. The van der Waals surface area contributed by atoms with Gasteiger partial charge in [-0.1, -0.05) is 11.2 Å². The Morgan fingerprint density at radius 1 is 1.27 bits per heavy atom. The number of aliphatic imine (C=N–C) groups is 1. The van der Waals surface area contributed by atoms with Gasteiger partial charge >= 0.3 is 12.1 Å². The molecule has 4 N–H and O–H groups in total. The Bertz CT molecular complexity index is 1600. The van der Waals surface area contributed by atoms with Crippen LogP contribution >= 0.6 is 23.7 Å². The summed E-state index contributed by atoms with van der Waals surface area (Å²) >= 11 is 2.17. The molecule has 0 aromatic heterocycles. The fraction of sp³-hybridized carbons (Fsp3) is 0.240. The first-order valence-electron chi connectivity index (χ1n) is 12.4. The fourth-order valence-electron chi connectivity index (χ4n) is 4.15. The number of carbonyl (C=O) groups is 3. The number of rotatable bonds is 9. The van der Waals surface area contributed by atoms with E-state index in [9.17, 15) is 37.7 Å². The van der Waals surface area contributed by atoms with E-state index >= 15 is 0 Å². The number of esters is 1. The summed E-state index contributed by atoms with van der Waals surface area (Å²) in [4.78, 5) is 59.7. The predicted molar refractivity (Wildman–Crippen MR) is 152 cm³/mol. The fourth-order valence-corrected chi connectivity index (χ4v) is 5.94. The van der Waals surface area contributed by atoms with E-state index in [4.69, 9.17) is 15.3 Å². The summed E-state index contributed by atoms with van der Waals surface area (Å²) in [6, 6.07) is 8.07. The van der Waals surface area contributed by atoms with Crippen LogP contribution in [0.15, 0.2) is 70.5 Å². The topological polar surface area (TPSA) is 191 Å². The van der Waals surface area contributed by atoms with Crippen molar-refractivity contribution in [2.75, 3.05) is 5.75 Å². The van der Waals surface area contributed by atoms with Gasteiger partial charge in [-0.3, -0.25) is 30.3 Å². The number of nitrogens with zero attached hydrogens (tertiary/aromatic N) is 4. The van der Waals surface area contributed by atoms with Crippen molar-refractivity contribution in [3.8, 4) is 5.75 Å². The molecule has 0 aliphatic carbocycles. The number of hydrogen-bond donors (Lipinski definition) is 3. The minimum absolute atomic E-state index is 0.0401. The molecule has 3 atom stereocenters. The number of alkyl halides is 3. The van der Waals surface area contributed by atoms with Crippen molar-refractivity contribution in [3.63, 3.8) is 0 Å². The lowest BCUT2D eigenvalue weighted by atomic mass is 10.0. The van der Waals surface area contributed by atoms with Crippen LogP contribution in [0.5, 0.6) is 5.75 Å². The van der Waals surface area contributed by atoms with Crippen LogP contribution in [-0.2, 0) is 31.9 Å². The molecule has 2 aromatic rings. The molecule has 2 aromatic carbocycles. The lowest BCUT2D eigenvalue weighted by Gasteiger charge is -2.48. The number of non-ortho nitro benzene ring substituents is 1. The molecule has 14 nitrogen and oxygen atoms in total. The summed E-state index contributed by atoms with van der Waals surface area (Å²) in [5.41, 5.74) is 6.16. The summed E-state index contributed by atoms with van der Waals surface area (Å²) in [7, 11) is 0. The minimum atomic E-state index is -4.65. The number of nitrogens with two attached hydrogens (primary N) is 1. The van der Waals surface area contributed by atoms with Crippen molar-refractivity contribution in [1.29, 1.82) is 0 Å². The van der Waals surface area contributed by atoms with E-state index in [0.29, 0.717) is 17.4 Å². The van der Waals surface area contributed by atoms with Crippen LogP contribution in [0, 0.1) is 10.1 Å².